The van der Waals surface area contributed by atoms with Gasteiger partial charge in [0.05, 0.1) is 5.52 Å². The molecular weight excluding hydrogens is 218 g/mol. The zero-order valence-electron chi connectivity index (χ0n) is 9.65. The van der Waals surface area contributed by atoms with Crippen LogP contribution in [0.5, 0.6) is 0 Å². The maximum atomic E-state index is 6.26. The first-order chi connectivity index (χ1) is 7.72. The molecule has 0 aliphatic heterocycles. The molecule has 2 unspecified atom stereocenters. The summed E-state index contributed by atoms with van der Waals surface area (Å²) in [5.74, 6) is 0.302. The van der Waals surface area contributed by atoms with Gasteiger partial charge in [-0.1, -0.05) is 38.1 Å². The molecule has 0 radical (unpaired) electrons. The van der Waals surface area contributed by atoms with Crippen LogP contribution in [-0.4, -0.2) is 10.4 Å². The van der Waals surface area contributed by atoms with Gasteiger partial charge in [-0.3, -0.25) is 4.98 Å². The summed E-state index contributed by atoms with van der Waals surface area (Å²) >= 11 is 6.26. The molecule has 0 spiro atoms. The summed E-state index contributed by atoms with van der Waals surface area (Å²) in [5.41, 5.74) is 2.13. The van der Waals surface area contributed by atoms with Gasteiger partial charge in [-0.15, -0.1) is 11.6 Å². The number of para-hydroxylation sites is 1. The summed E-state index contributed by atoms with van der Waals surface area (Å²) in [7, 11) is 0. The van der Waals surface area contributed by atoms with Crippen LogP contribution in [0.3, 0.4) is 0 Å². The Balaban J connectivity index is 2.39. The van der Waals surface area contributed by atoms with Gasteiger partial charge >= 0.3 is 0 Å². The summed E-state index contributed by atoms with van der Waals surface area (Å²) in [4.78, 5) is 4.66. The van der Waals surface area contributed by atoms with E-state index in [0.29, 0.717) is 5.92 Å². The van der Waals surface area contributed by atoms with Crippen molar-refractivity contribution in [3.05, 3.63) is 42.1 Å². The summed E-state index contributed by atoms with van der Waals surface area (Å²) in [6.07, 6.45) is 0.969. The van der Waals surface area contributed by atoms with Crippen LogP contribution in [-0.2, 0) is 0 Å². The van der Waals surface area contributed by atoms with Gasteiger partial charge in [-0.05, 0) is 18.6 Å². The number of halogens is 1. The lowest BCUT2D eigenvalue weighted by molar-refractivity contribution is 0.659. The topological polar surface area (TPSA) is 12.9 Å². The molecule has 2 rings (SSSR count). The lowest BCUT2D eigenvalue weighted by Crippen LogP contribution is -2.09. The normalized spacial score (nSPS) is 14.9. The van der Waals surface area contributed by atoms with Gasteiger partial charge in [0.25, 0.3) is 0 Å². The highest BCUT2D eigenvalue weighted by Crippen LogP contribution is 2.25. The Morgan fingerprint density at radius 2 is 1.94 bits per heavy atom. The predicted molar refractivity (Wildman–Crippen MR) is 70.1 cm³/mol. The quantitative estimate of drug-likeness (QED) is 0.718. The minimum absolute atomic E-state index is 0.161. The summed E-state index contributed by atoms with van der Waals surface area (Å²) in [6.45, 7) is 4.24. The highest BCUT2D eigenvalue weighted by atomic mass is 35.5. The molecule has 0 fully saturated rings. The molecule has 1 heterocycles. The zero-order chi connectivity index (χ0) is 11.5. The summed E-state index contributed by atoms with van der Waals surface area (Å²) in [6, 6.07) is 12.4. The molecule has 0 bridgehead atoms. The zero-order valence-corrected chi connectivity index (χ0v) is 10.4. The van der Waals surface area contributed by atoms with E-state index in [2.05, 4.69) is 37.0 Å². The number of nitrogens with zero attached hydrogens (tertiary/aromatic N) is 1. The minimum Gasteiger partial charge on any atom is -0.253 e. The van der Waals surface area contributed by atoms with E-state index in [1.54, 1.807) is 0 Å². The molecule has 0 saturated carbocycles. The van der Waals surface area contributed by atoms with Crippen LogP contribution in [0.25, 0.3) is 10.9 Å². The van der Waals surface area contributed by atoms with Crippen LogP contribution >= 0.6 is 11.6 Å². The first-order valence-electron chi connectivity index (χ1n) is 5.72. The molecule has 1 aromatic carbocycles. The third-order valence-electron chi connectivity index (χ3n) is 3.02. The Morgan fingerprint density at radius 3 is 2.69 bits per heavy atom. The van der Waals surface area contributed by atoms with Crippen molar-refractivity contribution in [2.75, 3.05) is 0 Å². The molecule has 0 saturated heterocycles. The fourth-order valence-corrected chi connectivity index (χ4v) is 2.00. The van der Waals surface area contributed by atoms with Crippen molar-refractivity contribution in [2.45, 2.75) is 31.6 Å². The Kier molecular flexibility index (Phi) is 3.45. The first kappa shape index (κ1) is 11.4. The molecule has 0 aliphatic rings. The van der Waals surface area contributed by atoms with E-state index >= 15 is 0 Å². The Bertz CT molecular complexity index is 481. The number of pyridine rings is 1. The molecule has 1 aromatic heterocycles. The maximum Gasteiger partial charge on any atom is 0.0705 e. The van der Waals surface area contributed by atoms with Crippen LogP contribution in [0.4, 0.5) is 0 Å². The molecule has 0 amide bonds. The van der Waals surface area contributed by atoms with E-state index in [9.17, 15) is 0 Å². The van der Waals surface area contributed by atoms with Gasteiger partial charge in [0.1, 0.15) is 0 Å². The van der Waals surface area contributed by atoms with E-state index in [4.69, 9.17) is 11.6 Å². The third-order valence-corrected chi connectivity index (χ3v) is 3.71. The molecule has 0 aliphatic carbocycles. The van der Waals surface area contributed by atoms with Crippen molar-refractivity contribution in [3.8, 4) is 0 Å². The molecular formula is C14H16ClN. The Morgan fingerprint density at radius 1 is 1.19 bits per heavy atom. The van der Waals surface area contributed by atoms with Crippen molar-refractivity contribution in [2.24, 2.45) is 0 Å². The summed E-state index contributed by atoms with van der Waals surface area (Å²) < 4.78 is 0. The second-order valence-electron chi connectivity index (χ2n) is 4.14. The second kappa shape index (κ2) is 4.84. The van der Waals surface area contributed by atoms with Crippen molar-refractivity contribution in [1.29, 1.82) is 0 Å². The van der Waals surface area contributed by atoms with Gasteiger partial charge < -0.3 is 0 Å². The van der Waals surface area contributed by atoms with Gasteiger partial charge in [0.15, 0.2) is 0 Å². The van der Waals surface area contributed by atoms with Gasteiger partial charge in [0.2, 0.25) is 0 Å². The van der Waals surface area contributed by atoms with E-state index in [1.807, 2.05) is 18.2 Å². The van der Waals surface area contributed by atoms with Crippen molar-refractivity contribution >= 4 is 22.5 Å². The molecule has 1 nitrogen and oxygen atoms in total. The molecule has 16 heavy (non-hydrogen) atoms. The maximum absolute atomic E-state index is 6.26. The fraction of sp³-hybridized carbons (Fsp3) is 0.357. The largest absolute Gasteiger partial charge is 0.253 e. The number of aromatic nitrogens is 1. The minimum atomic E-state index is 0.161. The number of benzene rings is 1. The van der Waals surface area contributed by atoms with Crippen LogP contribution in [0.1, 0.15) is 31.9 Å². The Hall–Kier alpha value is -1.08. The molecule has 2 heteroatoms. The number of rotatable bonds is 3. The third kappa shape index (κ3) is 2.19. The number of hydrogen-bond acceptors (Lipinski definition) is 1. The molecule has 0 N–H and O–H groups in total. The molecule has 84 valence electrons. The van der Waals surface area contributed by atoms with Crippen molar-refractivity contribution < 1.29 is 0 Å². The van der Waals surface area contributed by atoms with E-state index in [-0.39, 0.29) is 5.38 Å². The van der Waals surface area contributed by atoms with Crippen LogP contribution in [0, 0.1) is 0 Å². The van der Waals surface area contributed by atoms with Gasteiger partial charge in [0, 0.05) is 22.4 Å². The van der Waals surface area contributed by atoms with Gasteiger partial charge in [-0.2, -0.15) is 0 Å². The van der Waals surface area contributed by atoms with Crippen molar-refractivity contribution in [3.63, 3.8) is 0 Å². The van der Waals surface area contributed by atoms with Crippen LogP contribution in [0.2, 0.25) is 0 Å². The highest BCUT2D eigenvalue weighted by Gasteiger charge is 2.15. The van der Waals surface area contributed by atoms with Gasteiger partial charge in [-0.25, -0.2) is 0 Å². The molecule has 2 aromatic rings. The SMILES string of the molecule is CCC(Cl)C(C)c1ccc2ccccc2n1. The Labute approximate surface area is 101 Å². The fourth-order valence-electron chi connectivity index (χ4n) is 1.87. The molecule has 2 atom stereocenters. The number of hydrogen-bond donors (Lipinski definition) is 0. The monoisotopic (exact) mass is 233 g/mol. The van der Waals surface area contributed by atoms with E-state index in [1.165, 1.54) is 5.39 Å². The first-order valence-corrected chi connectivity index (χ1v) is 6.15. The predicted octanol–water partition coefficient (Wildman–Crippen LogP) is 4.36. The standard InChI is InChI=1S/C14H16ClN/c1-3-12(15)10(2)13-9-8-11-6-4-5-7-14(11)16-13/h4-10,12H,3H2,1-2H3. The lowest BCUT2D eigenvalue weighted by atomic mass is 10.0. The highest BCUT2D eigenvalue weighted by molar-refractivity contribution is 6.21. The van der Waals surface area contributed by atoms with Crippen LogP contribution < -0.4 is 0 Å². The average molecular weight is 234 g/mol. The van der Waals surface area contributed by atoms with Crippen molar-refractivity contribution in [1.82, 2.24) is 4.98 Å². The second-order valence-corrected chi connectivity index (χ2v) is 4.70. The average Bonchev–Trinajstić information content (AvgIpc) is 2.36. The smallest absolute Gasteiger partial charge is 0.0705 e. The van der Waals surface area contributed by atoms with Crippen LogP contribution in [0.15, 0.2) is 36.4 Å². The van der Waals surface area contributed by atoms with E-state index < -0.39 is 0 Å². The lowest BCUT2D eigenvalue weighted by Gasteiger charge is -2.16. The number of fused-ring (bicyclic) bond motifs is 1. The number of alkyl halides is 1. The summed E-state index contributed by atoms with van der Waals surface area (Å²) in [5, 5.41) is 1.34. The van der Waals surface area contributed by atoms with E-state index in [0.717, 1.165) is 17.6 Å².